The summed E-state index contributed by atoms with van der Waals surface area (Å²) < 4.78 is 0. The quantitative estimate of drug-likeness (QED) is 0.733. The molecule has 0 aliphatic heterocycles. The molecule has 1 aliphatic rings. The summed E-state index contributed by atoms with van der Waals surface area (Å²) >= 11 is 0. The molecule has 0 fully saturated rings. The van der Waals surface area contributed by atoms with Crippen LogP contribution in [0.5, 0.6) is 0 Å². The predicted molar refractivity (Wildman–Crippen MR) is 52.4 cm³/mol. The highest BCUT2D eigenvalue weighted by molar-refractivity contribution is 5.98. The summed E-state index contributed by atoms with van der Waals surface area (Å²) in [7, 11) is 0. The van der Waals surface area contributed by atoms with Crippen molar-refractivity contribution in [1.82, 2.24) is 15.4 Å². The van der Waals surface area contributed by atoms with E-state index in [1.807, 2.05) is 0 Å². The van der Waals surface area contributed by atoms with E-state index in [-0.39, 0.29) is 11.2 Å². The summed E-state index contributed by atoms with van der Waals surface area (Å²) in [5.74, 6) is 0.180. The molecule has 74 valence electrons. The van der Waals surface area contributed by atoms with Gasteiger partial charge in [0.1, 0.15) is 5.69 Å². The van der Waals surface area contributed by atoms with Crippen LogP contribution >= 0.6 is 0 Å². The fourth-order valence-corrected chi connectivity index (χ4v) is 1.87. The molecule has 1 aromatic heterocycles. The highest BCUT2D eigenvalue weighted by Crippen LogP contribution is 2.36. The van der Waals surface area contributed by atoms with Gasteiger partial charge in [0.25, 0.3) is 0 Å². The zero-order chi connectivity index (χ0) is 10.2. The molecule has 0 atom stereocenters. The molecule has 4 heteroatoms. The van der Waals surface area contributed by atoms with Crippen molar-refractivity contribution in [3.63, 3.8) is 0 Å². The predicted octanol–water partition coefficient (Wildman–Crippen LogP) is 1.58. The molecule has 0 aromatic carbocycles. The minimum atomic E-state index is 0.0418. The molecule has 0 amide bonds. The van der Waals surface area contributed by atoms with Gasteiger partial charge < -0.3 is 0 Å². The number of aromatic amines is 1. The van der Waals surface area contributed by atoms with Gasteiger partial charge in [0, 0.05) is 6.42 Å². The van der Waals surface area contributed by atoms with Gasteiger partial charge in [-0.1, -0.05) is 13.8 Å². The standard InChI is InChI=1S/C10H13N3O/c1-10(2)4-7(3-8(14)5-10)9-6-11-13-12-9/h3,6H,4-5H2,1-2H3,(H,11,12,13). The first-order chi connectivity index (χ1) is 6.57. The number of rotatable bonds is 1. The maximum atomic E-state index is 11.4. The monoisotopic (exact) mass is 191 g/mol. The Kier molecular flexibility index (Phi) is 1.98. The van der Waals surface area contributed by atoms with E-state index in [4.69, 9.17) is 0 Å². The van der Waals surface area contributed by atoms with Gasteiger partial charge in [-0.05, 0) is 23.5 Å². The van der Waals surface area contributed by atoms with Crippen molar-refractivity contribution in [3.05, 3.63) is 18.0 Å². The van der Waals surface area contributed by atoms with Crippen molar-refractivity contribution in [2.24, 2.45) is 5.41 Å². The van der Waals surface area contributed by atoms with E-state index < -0.39 is 0 Å². The number of nitrogens with zero attached hydrogens (tertiary/aromatic N) is 2. The minimum absolute atomic E-state index is 0.0418. The third-order valence-corrected chi connectivity index (χ3v) is 2.40. The number of ketones is 1. The first-order valence-corrected chi connectivity index (χ1v) is 4.66. The molecule has 0 radical (unpaired) electrons. The average molecular weight is 191 g/mol. The summed E-state index contributed by atoms with van der Waals surface area (Å²) in [6.45, 7) is 4.19. The largest absolute Gasteiger partial charge is 0.295 e. The van der Waals surface area contributed by atoms with Crippen molar-refractivity contribution in [2.45, 2.75) is 26.7 Å². The summed E-state index contributed by atoms with van der Waals surface area (Å²) in [6.07, 6.45) is 4.84. The Bertz CT molecular complexity index is 376. The lowest BCUT2D eigenvalue weighted by Crippen LogP contribution is -2.21. The maximum Gasteiger partial charge on any atom is 0.156 e. The van der Waals surface area contributed by atoms with Crippen molar-refractivity contribution in [2.75, 3.05) is 0 Å². The van der Waals surface area contributed by atoms with Crippen molar-refractivity contribution >= 4 is 11.4 Å². The molecule has 1 N–H and O–H groups in total. The molecule has 0 saturated heterocycles. The smallest absolute Gasteiger partial charge is 0.156 e. The van der Waals surface area contributed by atoms with Gasteiger partial charge in [0.2, 0.25) is 0 Å². The van der Waals surface area contributed by atoms with E-state index in [0.717, 1.165) is 17.7 Å². The summed E-state index contributed by atoms with van der Waals surface area (Å²) in [5, 5.41) is 10.3. The molecule has 0 unspecified atom stereocenters. The third kappa shape index (κ3) is 1.73. The molecule has 0 spiro atoms. The van der Waals surface area contributed by atoms with Crippen LogP contribution in [0.3, 0.4) is 0 Å². The Morgan fingerprint density at radius 3 is 2.79 bits per heavy atom. The first kappa shape index (κ1) is 9.12. The Morgan fingerprint density at radius 2 is 2.21 bits per heavy atom. The molecule has 4 nitrogen and oxygen atoms in total. The second kappa shape index (κ2) is 3.04. The van der Waals surface area contributed by atoms with E-state index in [0.29, 0.717) is 6.42 Å². The highest BCUT2D eigenvalue weighted by Gasteiger charge is 2.28. The van der Waals surface area contributed by atoms with Gasteiger partial charge in [-0.3, -0.25) is 4.79 Å². The Morgan fingerprint density at radius 1 is 1.43 bits per heavy atom. The van der Waals surface area contributed by atoms with Gasteiger partial charge in [-0.2, -0.15) is 15.4 Å². The Balaban J connectivity index is 2.33. The zero-order valence-electron chi connectivity index (χ0n) is 8.37. The van der Waals surface area contributed by atoms with Crippen molar-refractivity contribution in [1.29, 1.82) is 0 Å². The van der Waals surface area contributed by atoms with Crippen LogP contribution in [-0.4, -0.2) is 21.2 Å². The van der Waals surface area contributed by atoms with E-state index in [1.165, 1.54) is 0 Å². The van der Waals surface area contributed by atoms with E-state index in [9.17, 15) is 4.79 Å². The lowest BCUT2D eigenvalue weighted by atomic mass is 9.76. The van der Waals surface area contributed by atoms with Crippen LogP contribution in [0.15, 0.2) is 12.3 Å². The minimum Gasteiger partial charge on any atom is -0.295 e. The van der Waals surface area contributed by atoms with Gasteiger partial charge in [0.05, 0.1) is 6.20 Å². The summed E-state index contributed by atoms with van der Waals surface area (Å²) in [6, 6.07) is 0. The van der Waals surface area contributed by atoms with E-state index >= 15 is 0 Å². The third-order valence-electron chi connectivity index (χ3n) is 2.40. The molecule has 0 bridgehead atoms. The van der Waals surface area contributed by atoms with Gasteiger partial charge in [-0.25, -0.2) is 0 Å². The van der Waals surface area contributed by atoms with Crippen molar-refractivity contribution < 1.29 is 4.79 Å². The second-order valence-corrected chi connectivity index (χ2v) is 4.51. The van der Waals surface area contributed by atoms with Crippen LogP contribution in [0.2, 0.25) is 0 Å². The van der Waals surface area contributed by atoms with Crippen LogP contribution in [0, 0.1) is 5.41 Å². The molecule has 0 saturated carbocycles. The maximum absolute atomic E-state index is 11.4. The lowest BCUT2D eigenvalue weighted by Gasteiger charge is -2.27. The van der Waals surface area contributed by atoms with E-state index in [2.05, 4.69) is 29.3 Å². The average Bonchev–Trinajstić information content (AvgIpc) is 2.51. The molecular weight excluding hydrogens is 178 g/mol. The van der Waals surface area contributed by atoms with Gasteiger partial charge >= 0.3 is 0 Å². The Labute approximate surface area is 82.4 Å². The molecule has 2 rings (SSSR count). The van der Waals surface area contributed by atoms with Crippen LogP contribution < -0.4 is 0 Å². The van der Waals surface area contributed by atoms with Crippen LogP contribution in [-0.2, 0) is 4.79 Å². The molecular formula is C10H13N3O. The highest BCUT2D eigenvalue weighted by atomic mass is 16.1. The summed E-state index contributed by atoms with van der Waals surface area (Å²) in [4.78, 5) is 11.4. The lowest BCUT2D eigenvalue weighted by molar-refractivity contribution is -0.116. The molecule has 14 heavy (non-hydrogen) atoms. The second-order valence-electron chi connectivity index (χ2n) is 4.51. The number of allylic oxidation sites excluding steroid dienone is 2. The van der Waals surface area contributed by atoms with Gasteiger partial charge in [-0.15, -0.1) is 0 Å². The van der Waals surface area contributed by atoms with Crippen LogP contribution in [0.1, 0.15) is 32.4 Å². The number of aromatic nitrogens is 3. The molecule has 1 aliphatic carbocycles. The normalized spacial score (nSPS) is 20.7. The fourth-order valence-electron chi connectivity index (χ4n) is 1.87. The number of carbonyl (C=O) groups excluding carboxylic acids is 1. The fraction of sp³-hybridized carbons (Fsp3) is 0.500. The zero-order valence-corrected chi connectivity index (χ0v) is 8.37. The number of carbonyl (C=O) groups is 1. The summed E-state index contributed by atoms with van der Waals surface area (Å²) in [5.41, 5.74) is 1.81. The van der Waals surface area contributed by atoms with Crippen LogP contribution in [0.4, 0.5) is 0 Å². The van der Waals surface area contributed by atoms with E-state index in [1.54, 1.807) is 12.3 Å². The Hall–Kier alpha value is -1.45. The van der Waals surface area contributed by atoms with Crippen molar-refractivity contribution in [3.8, 4) is 0 Å². The van der Waals surface area contributed by atoms with Crippen LogP contribution in [0.25, 0.3) is 5.57 Å². The number of H-pyrrole nitrogens is 1. The molecule has 1 aromatic rings. The number of hydrogen-bond donors (Lipinski definition) is 1. The number of hydrogen-bond acceptors (Lipinski definition) is 3. The SMILES string of the molecule is CC1(C)CC(=O)C=C(c2cn[nH]n2)C1. The topological polar surface area (TPSA) is 58.6 Å². The number of nitrogens with one attached hydrogen (secondary N) is 1. The van der Waals surface area contributed by atoms with Gasteiger partial charge in [0.15, 0.2) is 5.78 Å². The molecule has 1 heterocycles. The first-order valence-electron chi connectivity index (χ1n) is 4.66.